The summed E-state index contributed by atoms with van der Waals surface area (Å²) in [6.45, 7) is 2.21. The summed E-state index contributed by atoms with van der Waals surface area (Å²) < 4.78 is 29.3. The molecule has 5 nitrogen and oxygen atoms in total. The quantitative estimate of drug-likeness (QED) is 0.565. The highest BCUT2D eigenvalue weighted by Crippen LogP contribution is 1.87. The molecule has 12 heavy (non-hydrogen) atoms. The molecule has 1 unspecified atom stereocenters. The van der Waals surface area contributed by atoms with Crippen LogP contribution >= 0.6 is 0 Å². The molecular formula is C6H16N2O3S. The van der Waals surface area contributed by atoms with Crippen LogP contribution in [0.15, 0.2) is 0 Å². The van der Waals surface area contributed by atoms with Crippen molar-refractivity contribution in [2.75, 3.05) is 26.0 Å². The third-order valence-corrected chi connectivity index (χ3v) is 2.76. The monoisotopic (exact) mass is 196 g/mol. The molecule has 0 radical (unpaired) electrons. The van der Waals surface area contributed by atoms with Crippen molar-refractivity contribution in [2.45, 2.75) is 13.0 Å². The zero-order chi connectivity index (χ0) is 9.61. The maximum atomic E-state index is 11.1. The Morgan fingerprint density at radius 3 is 2.58 bits per heavy atom. The smallest absolute Gasteiger partial charge is 0.214 e. The van der Waals surface area contributed by atoms with Crippen molar-refractivity contribution >= 4 is 10.0 Å². The van der Waals surface area contributed by atoms with Gasteiger partial charge in [-0.15, -0.1) is 0 Å². The van der Waals surface area contributed by atoms with Gasteiger partial charge in [0.25, 0.3) is 0 Å². The van der Waals surface area contributed by atoms with Gasteiger partial charge in [-0.05, 0) is 6.92 Å². The number of methoxy groups -OCH3 is 1. The van der Waals surface area contributed by atoms with Gasteiger partial charge in [0.1, 0.15) is 0 Å². The average Bonchev–Trinajstić information content (AvgIpc) is 2.00. The van der Waals surface area contributed by atoms with Crippen LogP contribution in [0.1, 0.15) is 6.92 Å². The Kier molecular flexibility index (Phi) is 5.39. The minimum Gasteiger partial charge on any atom is -0.384 e. The molecule has 0 aliphatic heterocycles. The number of hydrogen-bond acceptors (Lipinski definition) is 4. The van der Waals surface area contributed by atoms with Gasteiger partial charge in [0.05, 0.1) is 12.4 Å². The summed E-state index contributed by atoms with van der Waals surface area (Å²) in [5, 5.41) is 0. The molecule has 0 aliphatic carbocycles. The number of ether oxygens (including phenoxy) is 1. The molecule has 0 aliphatic rings. The van der Waals surface area contributed by atoms with Gasteiger partial charge in [0.15, 0.2) is 0 Å². The summed E-state index contributed by atoms with van der Waals surface area (Å²) >= 11 is 0. The Balaban J connectivity index is 3.88. The van der Waals surface area contributed by atoms with E-state index in [-0.39, 0.29) is 18.4 Å². The molecular weight excluding hydrogens is 180 g/mol. The first-order valence-electron chi connectivity index (χ1n) is 3.71. The van der Waals surface area contributed by atoms with Gasteiger partial charge in [-0.2, -0.15) is 0 Å². The molecule has 74 valence electrons. The molecule has 1 atom stereocenters. The van der Waals surface area contributed by atoms with Crippen LogP contribution in [-0.2, 0) is 14.8 Å². The van der Waals surface area contributed by atoms with E-state index in [0.717, 1.165) is 0 Å². The normalized spacial score (nSPS) is 14.6. The van der Waals surface area contributed by atoms with Gasteiger partial charge in [0, 0.05) is 19.7 Å². The fourth-order valence-electron chi connectivity index (χ4n) is 0.607. The molecule has 6 heteroatoms. The first-order valence-corrected chi connectivity index (χ1v) is 5.36. The summed E-state index contributed by atoms with van der Waals surface area (Å²) in [6, 6.07) is -0.216. The Morgan fingerprint density at radius 1 is 1.58 bits per heavy atom. The molecule has 0 heterocycles. The molecule has 0 saturated carbocycles. The summed E-state index contributed by atoms with van der Waals surface area (Å²) in [5.74, 6) is -0.0200. The average molecular weight is 196 g/mol. The lowest BCUT2D eigenvalue weighted by atomic mass is 10.4. The van der Waals surface area contributed by atoms with E-state index >= 15 is 0 Å². The van der Waals surface area contributed by atoms with Crippen LogP contribution in [0.3, 0.4) is 0 Å². The van der Waals surface area contributed by atoms with Crippen molar-refractivity contribution < 1.29 is 13.2 Å². The highest BCUT2D eigenvalue weighted by molar-refractivity contribution is 7.89. The van der Waals surface area contributed by atoms with Gasteiger partial charge in [-0.1, -0.05) is 0 Å². The maximum Gasteiger partial charge on any atom is 0.214 e. The predicted molar refractivity (Wildman–Crippen MR) is 47.3 cm³/mol. The third-order valence-electron chi connectivity index (χ3n) is 1.29. The highest BCUT2D eigenvalue weighted by Gasteiger charge is 2.12. The second kappa shape index (κ2) is 5.47. The molecule has 0 aromatic rings. The summed E-state index contributed by atoms with van der Waals surface area (Å²) in [5.41, 5.74) is 5.25. The maximum absolute atomic E-state index is 11.1. The van der Waals surface area contributed by atoms with Crippen LogP contribution in [-0.4, -0.2) is 40.5 Å². The van der Waals surface area contributed by atoms with E-state index < -0.39 is 10.0 Å². The van der Waals surface area contributed by atoms with Gasteiger partial charge in [-0.3, -0.25) is 0 Å². The number of rotatable bonds is 6. The molecule has 0 rings (SSSR count). The topological polar surface area (TPSA) is 81.4 Å². The van der Waals surface area contributed by atoms with Crippen LogP contribution in [0.2, 0.25) is 0 Å². The minimum atomic E-state index is -3.21. The molecule has 0 aromatic carbocycles. The van der Waals surface area contributed by atoms with E-state index in [1.165, 1.54) is 7.11 Å². The van der Waals surface area contributed by atoms with Crippen LogP contribution in [0.4, 0.5) is 0 Å². The number of sulfonamides is 1. The van der Waals surface area contributed by atoms with E-state index in [2.05, 4.69) is 9.46 Å². The largest absolute Gasteiger partial charge is 0.384 e. The van der Waals surface area contributed by atoms with E-state index in [0.29, 0.717) is 6.54 Å². The van der Waals surface area contributed by atoms with Gasteiger partial charge >= 0.3 is 0 Å². The molecule has 0 amide bonds. The standard InChI is InChI=1S/C6H16N2O3S/c1-6(5-7)8-12(9,10)4-3-11-2/h6,8H,3-5,7H2,1-2H3. The van der Waals surface area contributed by atoms with Crippen LogP contribution < -0.4 is 10.5 Å². The van der Waals surface area contributed by atoms with Crippen molar-refractivity contribution in [1.29, 1.82) is 0 Å². The van der Waals surface area contributed by atoms with Crippen molar-refractivity contribution in [1.82, 2.24) is 4.72 Å². The molecule has 3 N–H and O–H groups in total. The Labute approximate surface area is 73.3 Å². The Morgan fingerprint density at radius 2 is 2.17 bits per heavy atom. The van der Waals surface area contributed by atoms with Crippen molar-refractivity contribution in [3.63, 3.8) is 0 Å². The van der Waals surface area contributed by atoms with E-state index in [4.69, 9.17) is 5.73 Å². The van der Waals surface area contributed by atoms with Crippen molar-refractivity contribution in [3.8, 4) is 0 Å². The molecule has 0 saturated heterocycles. The fourth-order valence-corrected chi connectivity index (χ4v) is 1.82. The second-order valence-corrected chi connectivity index (χ2v) is 4.44. The summed E-state index contributed by atoms with van der Waals surface area (Å²) in [4.78, 5) is 0. The van der Waals surface area contributed by atoms with Crippen LogP contribution in [0.5, 0.6) is 0 Å². The van der Waals surface area contributed by atoms with Gasteiger partial charge in [0.2, 0.25) is 10.0 Å². The van der Waals surface area contributed by atoms with Crippen molar-refractivity contribution in [3.05, 3.63) is 0 Å². The summed E-state index contributed by atoms with van der Waals surface area (Å²) in [7, 11) is -1.75. The zero-order valence-corrected chi connectivity index (χ0v) is 8.23. The molecule has 0 fully saturated rings. The molecule has 0 aromatic heterocycles. The highest BCUT2D eigenvalue weighted by atomic mass is 32.2. The minimum absolute atomic E-state index is 0.0200. The lowest BCUT2D eigenvalue weighted by molar-refractivity contribution is 0.217. The molecule has 0 spiro atoms. The van der Waals surface area contributed by atoms with Crippen molar-refractivity contribution in [2.24, 2.45) is 5.73 Å². The van der Waals surface area contributed by atoms with E-state index in [9.17, 15) is 8.42 Å². The summed E-state index contributed by atoms with van der Waals surface area (Å²) in [6.07, 6.45) is 0. The number of nitrogens with one attached hydrogen (secondary N) is 1. The number of hydrogen-bond donors (Lipinski definition) is 2. The first-order chi connectivity index (χ1) is 5.52. The lowest BCUT2D eigenvalue weighted by Crippen LogP contribution is -2.39. The SMILES string of the molecule is COCCS(=O)(=O)NC(C)CN. The lowest BCUT2D eigenvalue weighted by Gasteiger charge is -2.10. The van der Waals surface area contributed by atoms with Crippen LogP contribution in [0.25, 0.3) is 0 Å². The first kappa shape index (κ1) is 11.8. The van der Waals surface area contributed by atoms with E-state index in [1.54, 1.807) is 6.92 Å². The van der Waals surface area contributed by atoms with E-state index in [1.807, 2.05) is 0 Å². The Bertz CT molecular complexity index is 203. The van der Waals surface area contributed by atoms with Gasteiger partial charge in [-0.25, -0.2) is 13.1 Å². The fraction of sp³-hybridized carbons (Fsp3) is 1.00. The van der Waals surface area contributed by atoms with Crippen LogP contribution in [0, 0.1) is 0 Å². The van der Waals surface area contributed by atoms with Gasteiger partial charge < -0.3 is 10.5 Å². The zero-order valence-electron chi connectivity index (χ0n) is 7.41. The number of nitrogens with two attached hydrogens (primary N) is 1. The predicted octanol–water partition coefficient (Wildman–Crippen LogP) is -1.10. The second-order valence-electron chi connectivity index (χ2n) is 2.57. The molecule has 0 bridgehead atoms. The third kappa shape index (κ3) is 5.48. The Hall–Kier alpha value is -0.170.